The smallest absolute Gasteiger partial charge is 0.248 e. The lowest BCUT2D eigenvalue weighted by Crippen LogP contribution is -2.08. The van der Waals surface area contributed by atoms with Crippen LogP contribution in [0.25, 0.3) is 16.8 Å². The SMILES string of the molecule is COc1c(Cl)cc(Cl)cc1/C=C/C(=O)Nc1ccc2c3c(cccc13)CC2. The summed E-state index contributed by atoms with van der Waals surface area (Å²) in [6.45, 7) is 0. The van der Waals surface area contributed by atoms with Crippen LogP contribution in [0.4, 0.5) is 5.69 Å². The molecule has 3 aromatic rings. The van der Waals surface area contributed by atoms with E-state index in [1.165, 1.54) is 29.7 Å². The molecule has 0 unspecified atom stereocenters. The van der Waals surface area contributed by atoms with Crippen LogP contribution >= 0.6 is 23.2 Å². The molecule has 0 spiro atoms. The number of nitrogens with one attached hydrogen (secondary N) is 1. The first-order valence-electron chi connectivity index (χ1n) is 8.62. The van der Waals surface area contributed by atoms with Gasteiger partial charge in [-0.2, -0.15) is 0 Å². The van der Waals surface area contributed by atoms with E-state index < -0.39 is 0 Å². The van der Waals surface area contributed by atoms with Crippen LogP contribution in [0.5, 0.6) is 5.75 Å². The predicted octanol–water partition coefficient (Wildman–Crippen LogP) is 5.91. The molecule has 0 radical (unpaired) electrons. The highest BCUT2D eigenvalue weighted by molar-refractivity contribution is 6.36. The van der Waals surface area contributed by atoms with Crippen molar-refractivity contribution in [3.63, 3.8) is 0 Å². The highest BCUT2D eigenvalue weighted by atomic mass is 35.5. The van der Waals surface area contributed by atoms with E-state index in [0.29, 0.717) is 21.4 Å². The summed E-state index contributed by atoms with van der Waals surface area (Å²) >= 11 is 12.2. The summed E-state index contributed by atoms with van der Waals surface area (Å²) in [5.41, 5.74) is 4.13. The molecule has 1 N–H and O–H groups in total. The van der Waals surface area contributed by atoms with E-state index in [9.17, 15) is 4.79 Å². The molecule has 0 aromatic heterocycles. The zero-order chi connectivity index (χ0) is 19.0. The van der Waals surface area contributed by atoms with Crippen molar-refractivity contribution in [3.8, 4) is 5.75 Å². The summed E-state index contributed by atoms with van der Waals surface area (Å²) in [6.07, 6.45) is 5.21. The van der Waals surface area contributed by atoms with Crippen LogP contribution in [0.15, 0.2) is 48.5 Å². The Kier molecular flexibility index (Phi) is 4.81. The lowest BCUT2D eigenvalue weighted by atomic mass is 10.0. The lowest BCUT2D eigenvalue weighted by molar-refractivity contribution is -0.111. The summed E-state index contributed by atoms with van der Waals surface area (Å²) in [6, 6.07) is 13.6. The van der Waals surface area contributed by atoms with Gasteiger partial charge in [-0.25, -0.2) is 0 Å². The van der Waals surface area contributed by atoms with Crippen molar-refractivity contribution in [2.75, 3.05) is 12.4 Å². The molecule has 4 rings (SSSR count). The molecule has 1 aliphatic rings. The highest BCUT2D eigenvalue weighted by Gasteiger charge is 2.16. The van der Waals surface area contributed by atoms with E-state index in [2.05, 4.69) is 17.4 Å². The molecule has 0 bridgehead atoms. The second-order valence-corrected chi connectivity index (χ2v) is 7.29. The zero-order valence-electron chi connectivity index (χ0n) is 14.7. The second kappa shape index (κ2) is 7.26. The molecule has 3 nitrogen and oxygen atoms in total. The first-order chi connectivity index (χ1) is 13.1. The molecule has 136 valence electrons. The van der Waals surface area contributed by atoms with Gasteiger partial charge in [0.15, 0.2) is 0 Å². The molecule has 0 aliphatic heterocycles. The van der Waals surface area contributed by atoms with Gasteiger partial charge in [0, 0.05) is 27.7 Å². The van der Waals surface area contributed by atoms with Crippen molar-refractivity contribution >= 4 is 51.6 Å². The van der Waals surface area contributed by atoms with Crippen LogP contribution in [0.3, 0.4) is 0 Å². The van der Waals surface area contributed by atoms with Gasteiger partial charge in [-0.1, -0.05) is 47.5 Å². The third-order valence-electron chi connectivity index (χ3n) is 4.79. The largest absolute Gasteiger partial charge is 0.495 e. The van der Waals surface area contributed by atoms with Gasteiger partial charge in [-0.05, 0) is 53.6 Å². The number of hydrogen-bond donors (Lipinski definition) is 1. The lowest BCUT2D eigenvalue weighted by Gasteiger charge is -2.10. The summed E-state index contributed by atoms with van der Waals surface area (Å²) in [7, 11) is 1.53. The van der Waals surface area contributed by atoms with Gasteiger partial charge >= 0.3 is 0 Å². The molecule has 5 heteroatoms. The van der Waals surface area contributed by atoms with Crippen molar-refractivity contribution in [3.05, 3.63) is 75.3 Å². The average molecular weight is 398 g/mol. The first kappa shape index (κ1) is 17.9. The molecular weight excluding hydrogens is 381 g/mol. The van der Waals surface area contributed by atoms with Crippen molar-refractivity contribution in [2.45, 2.75) is 12.8 Å². The maximum atomic E-state index is 12.5. The van der Waals surface area contributed by atoms with Crippen molar-refractivity contribution < 1.29 is 9.53 Å². The van der Waals surface area contributed by atoms with E-state index in [-0.39, 0.29) is 5.91 Å². The van der Waals surface area contributed by atoms with Gasteiger partial charge < -0.3 is 10.1 Å². The number of amides is 1. The van der Waals surface area contributed by atoms with Crippen LogP contribution in [-0.2, 0) is 17.6 Å². The predicted molar refractivity (Wildman–Crippen MR) is 112 cm³/mol. The number of aryl methyl sites for hydroxylation is 2. The van der Waals surface area contributed by atoms with E-state index in [1.807, 2.05) is 18.2 Å². The third kappa shape index (κ3) is 3.41. The van der Waals surface area contributed by atoms with Gasteiger partial charge in [0.25, 0.3) is 0 Å². The Hall–Kier alpha value is -2.49. The van der Waals surface area contributed by atoms with Crippen molar-refractivity contribution in [1.29, 1.82) is 0 Å². The fraction of sp³-hybridized carbons (Fsp3) is 0.136. The molecule has 1 amide bonds. The van der Waals surface area contributed by atoms with Crippen LogP contribution in [0, 0.1) is 0 Å². The minimum atomic E-state index is -0.230. The van der Waals surface area contributed by atoms with Gasteiger partial charge in [-0.3, -0.25) is 4.79 Å². The number of carbonyl (C=O) groups excluding carboxylic acids is 1. The van der Waals surface area contributed by atoms with E-state index in [0.717, 1.165) is 23.9 Å². The summed E-state index contributed by atoms with van der Waals surface area (Å²) in [5, 5.41) is 6.19. The quantitative estimate of drug-likeness (QED) is 0.556. The van der Waals surface area contributed by atoms with Crippen LogP contribution in [-0.4, -0.2) is 13.0 Å². The van der Waals surface area contributed by atoms with E-state index >= 15 is 0 Å². The number of hydrogen-bond acceptors (Lipinski definition) is 2. The molecule has 1 aliphatic carbocycles. The maximum absolute atomic E-state index is 12.5. The maximum Gasteiger partial charge on any atom is 0.248 e. The normalized spacial score (nSPS) is 12.7. The molecular formula is C22H17Cl2NO2. The molecule has 27 heavy (non-hydrogen) atoms. The Labute approximate surface area is 167 Å². The van der Waals surface area contributed by atoms with Crippen molar-refractivity contribution in [1.82, 2.24) is 0 Å². The van der Waals surface area contributed by atoms with Gasteiger partial charge in [-0.15, -0.1) is 0 Å². The Morgan fingerprint density at radius 1 is 1.11 bits per heavy atom. The summed E-state index contributed by atoms with van der Waals surface area (Å²) < 4.78 is 5.30. The molecule has 0 saturated carbocycles. The molecule has 0 atom stereocenters. The highest BCUT2D eigenvalue weighted by Crippen LogP contribution is 2.35. The summed E-state index contributed by atoms with van der Waals surface area (Å²) in [5.74, 6) is 0.252. The molecule has 0 heterocycles. The fourth-order valence-electron chi connectivity index (χ4n) is 3.62. The Bertz CT molecular complexity index is 1080. The minimum absolute atomic E-state index is 0.230. The zero-order valence-corrected chi connectivity index (χ0v) is 16.2. The van der Waals surface area contributed by atoms with Crippen LogP contribution in [0.1, 0.15) is 16.7 Å². The average Bonchev–Trinajstić information content (AvgIpc) is 3.07. The molecule has 0 saturated heterocycles. The number of methoxy groups -OCH3 is 1. The monoisotopic (exact) mass is 397 g/mol. The van der Waals surface area contributed by atoms with Crippen LogP contribution < -0.4 is 10.1 Å². The number of carbonyl (C=O) groups is 1. The number of benzene rings is 3. The Balaban J connectivity index is 1.61. The molecule has 0 fully saturated rings. The van der Waals surface area contributed by atoms with Gasteiger partial charge in [0.05, 0.1) is 12.1 Å². The number of rotatable bonds is 4. The third-order valence-corrected chi connectivity index (χ3v) is 5.29. The summed E-state index contributed by atoms with van der Waals surface area (Å²) in [4.78, 5) is 12.5. The van der Waals surface area contributed by atoms with Gasteiger partial charge in [0.1, 0.15) is 5.75 Å². The Morgan fingerprint density at radius 3 is 2.67 bits per heavy atom. The van der Waals surface area contributed by atoms with Gasteiger partial charge in [0.2, 0.25) is 5.91 Å². The first-order valence-corrected chi connectivity index (χ1v) is 9.38. The number of ether oxygens (including phenoxy) is 1. The minimum Gasteiger partial charge on any atom is -0.495 e. The second-order valence-electron chi connectivity index (χ2n) is 6.44. The number of halogens is 2. The Morgan fingerprint density at radius 2 is 1.89 bits per heavy atom. The van der Waals surface area contributed by atoms with E-state index in [4.69, 9.17) is 27.9 Å². The fourth-order valence-corrected chi connectivity index (χ4v) is 4.20. The topological polar surface area (TPSA) is 38.3 Å². The van der Waals surface area contributed by atoms with E-state index in [1.54, 1.807) is 18.2 Å². The number of anilines is 1. The van der Waals surface area contributed by atoms with Crippen LogP contribution in [0.2, 0.25) is 10.0 Å². The molecule has 3 aromatic carbocycles. The van der Waals surface area contributed by atoms with Crippen molar-refractivity contribution in [2.24, 2.45) is 0 Å². The standard InChI is InChI=1S/C22H17Cl2NO2/c1-27-22-15(11-16(23)12-18(22)24)8-10-20(26)25-19-9-7-14-6-5-13-3-2-4-17(19)21(13)14/h2-4,7-12H,5-6H2,1H3,(H,25,26)/b10-8+.